The summed E-state index contributed by atoms with van der Waals surface area (Å²) in [7, 11) is 1.50. The smallest absolute Gasteiger partial charge is 0.387 e. The molecule has 0 aliphatic heterocycles. The monoisotopic (exact) mass is 301 g/mol. The number of oxime groups is 1. The lowest BCUT2D eigenvalue weighted by Gasteiger charge is -2.25. The molecule has 1 aromatic rings. The Bertz CT molecular complexity index is 523. The third kappa shape index (κ3) is 4.59. The standard InChI is InChI=1S/C13H17F2N3O3/c1-8(7-11(16)17-20)18(2)12(19)9-5-3-4-6-10(9)21-13(14)15/h3-6,8,13,20H,7H2,1-2H3,(H2,16,17). The van der Waals surface area contributed by atoms with E-state index in [0.29, 0.717) is 0 Å². The quantitative estimate of drug-likeness (QED) is 0.363. The van der Waals surface area contributed by atoms with Crippen LogP contribution in [0.3, 0.4) is 0 Å². The second kappa shape index (κ2) is 7.41. The van der Waals surface area contributed by atoms with Crippen molar-refractivity contribution in [3.8, 4) is 5.75 Å². The van der Waals surface area contributed by atoms with Gasteiger partial charge in [-0.25, -0.2) is 0 Å². The Morgan fingerprint density at radius 3 is 2.67 bits per heavy atom. The summed E-state index contributed by atoms with van der Waals surface area (Å²) in [5.41, 5.74) is 5.40. The van der Waals surface area contributed by atoms with Gasteiger partial charge in [-0.15, -0.1) is 0 Å². The maximum absolute atomic E-state index is 12.3. The van der Waals surface area contributed by atoms with Crippen molar-refractivity contribution in [2.75, 3.05) is 7.05 Å². The molecule has 0 fully saturated rings. The fraction of sp³-hybridized carbons (Fsp3) is 0.385. The van der Waals surface area contributed by atoms with Crippen molar-refractivity contribution < 1.29 is 23.5 Å². The van der Waals surface area contributed by atoms with E-state index < -0.39 is 12.5 Å². The van der Waals surface area contributed by atoms with Crippen LogP contribution in [0.25, 0.3) is 0 Å². The Kier molecular flexibility index (Phi) is 5.89. The van der Waals surface area contributed by atoms with Crippen molar-refractivity contribution >= 4 is 11.7 Å². The second-order valence-electron chi connectivity index (χ2n) is 4.44. The van der Waals surface area contributed by atoms with Crippen LogP contribution in [0.4, 0.5) is 8.78 Å². The van der Waals surface area contributed by atoms with Gasteiger partial charge in [-0.1, -0.05) is 17.3 Å². The summed E-state index contributed by atoms with van der Waals surface area (Å²) in [5.74, 6) is -0.718. The predicted molar refractivity (Wildman–Crippen MR) is 72.7 cm³/mol. The van der Waals surface area contributed by atoms with Gasteiger partial charge < -0.3 is 20.6 Å². The first-order chi connectivity index (χ1) is 9.86. The molecule has 3 N–H and O–H groups in total. The molecule has 1 atom stereocenters. The number of ether oxygens (including phenoxy) is 1. The number of alkyl halides is 2. The fourth-order valence-corrected chi connectivity index (χ4v) is 1.71. The van der Waals surface area contributed by atoms with E-state index in [4.69, 9.17) is 10.9 Å². The maximum Gasteiger partial charge on any atom is 0.387 e. The van der Waals surface area contributed by atoms with Crippen LogP contribution in [0.2, 0.25) is 0 Å². The van der Waals surface area contributed by atoms with Gasteiger partial charge in [0.1, 0.15) is 11.6 Å². The molecule has 0 bridgehead atoms. The van der Waals surface area contributed by atoms with Crippen molar-refractivity contribution in [1.29, 1.82) is 0 Å². The molecule has 0 aliphatic carbocycles. The molecule has 0 spiro atoms. The van der Waals surface area contributed by atoms with Crippen LogP contribution in [0, 0.1) is 0 Å². The molecule has 1 rings (SSSR count). The van der Waals surface area contributed by atoms with Gasteiger partial charge in [0.15, 0.2) is 0 Å². The number of nitrogens with two attached hydrogens (primary N) is 1. The SMILES string of the molecule is CC(CC(N)=NO)N(C)C(=O)c1ccccc1OC(F)F. The Balaban J connectivity index is 2.92. The molecule has 116 valence electrons. The zero-order valence-electron chi connectivity index (χ0n) is 11.7. The topological polar surface area (TPSA) is 88.2 Å². The van der Waals surface area contributed by atoms with E-state index in [2.05, 4.69) is 9.89 Å². The molecule has 0 aromatic heterocycles. The van der Waals surface area contributed by atoms with Crippen molar-refractivity contribution in [2.24, 2.45) is 10.9 Å². The number of halogens is 2. The summed E-state index contributed by atoms with van der Waals surface area (Å²) in [6, 6.07) is 5.35. The normalized spacial score (nSPS) is 13.1. The number of hydrogen-bond donors (Lipinski definition) is 2. The Hall–Kier alpha value is -2.38. The number of nitrogens with zero attached hydrogens (tertiary/aromatic N) is 2. The average molecular weight is 301 g/mol. The second-order valence-corrected chi connectivity index (χ2v) is 4.44. The molecule has 0 saturated heterocycles. The minimum Gasteiger partial charge on any atom is -0.434 e. The maximum atomic E-state index is 12.3. The number of carbonyl (C=O) groups excluding carboxylic acids is 1. The van der Waals surface area contributed by atoms with Gasteiger partial charge in [0, 0.05) is 19.5 Å². The molecule has 0 aliphatic rings. The summed E-state index contributed by atoms with van der Waals surface area (Å²) < 4.78 is 29.0. The molecular formula is C13H17F2N3O3. The number of hydrogen-bond acceptors (Lipinski definition) is 4. The summed E-state index contributed by atoms with van der Waals surface area (Å²) in [4.78, 5) is 13.6. The number of para-hydroxylation sites is 1. The highest BCUT2D eigenvalue weighted by Gasteiger charge is 2.22. The minimum absolute atomic E-state index is 0.0201. The molecular weight excluding hydrogens is 284 g/mol. The third-order valence-electron chi connectivity index (χ3n) is 2.95. The van der Waals surface area contributed by atoms with Gasteiger partial charge >= 0.3 is 6.61 Å². The first-order valence-corrected chi connectivity index (χ1v) is 6.14. The number of amides is 1. The minimum atomic E-state index is -3.01. The van der Waals surface area contributed by atoms with E-state index in [-0.39, 0.29) is 29.6 Å². The summed E-state index contributed by atoms with van der Waals surface area (Å²) in [5, 5.41) is 11.4. The van der Waals surface area contributed by atoms with Gasteiger partial charge in [-0.3, -0.25) is 4.79 Å². The van der Waals surface area contributed by atoms with Crippen LogP contribution in [-0.2, 0) is 0 Å². The van der Waals surface area contributed by atoms with Crippen molar-refractivity contribution in [3.05, 3.63) is 29.8 Å². The van der Waals surface area contributed by atoms with Crippen LogP contribution >= 0.6 is 0 Å². The first kappa shape index (κ1) is 16.7. The summed E-state index contributed by atoms with van der Waals surface area (Å²) >= 11 is 0. The molecule has 0 radical (unpaired) electrons. The summed E-state index contributed by atoms with van der Waals surface area (Å²) in [6.07, 6.45) is 0.149. The van der Waals surface area contributed by atoms with E-state index in [0.717, 1.165) is 0 Å². The van der Waals surface area contributed by atoms with E-state index >= 15 is 0 Å². The number of carbonyl (C=O) groups is 1. The number of amidine groups is 1. The van der Waals surface area contributed by atoms with Crippen molar-refractivity contribution in [2.45, 2.75) is 26.0 Å². The average Bonchev–Trinajstić information content (AvgIpc) is 2.45. The highest BCUT2D eigenvalue weighted by atomic mass is 19.3. The molecule has 1 aromatic carbocycles. The van der Waals surface area contributed by atoms with Crippen LogP contribution in [-0.4, -0.2) is 41.6 Å². The fourth-order valence-electron chi connectivity index (χ4n) is 1.71. The Labute approximate surface area is 120 Å². The molecule has 8 heteroatoms. The van der Waals surface area contributed by atoms with Gasteiger partial charge in [0.05, 0.1) is 5.56 Å². The van der Waals surface area contributed by atoms with Gasteiger partial charge in [-0.2, -0.15) is 8.78 Å². The van der Waals surface area contributed by atoms with Gasteiger partial charge in [-0.05, 0) is 19.1 Å². The van der Waals surface area contributed by atoms with E-state index in [1.54, 1.807) is 13.0 Å². The van der Waals surface area contributed by atoms with Gasteiger partial charge in [0.25, 0.3) is 5.91 Å². The molecule has 0 saturated carbocycles. The lowest BCUT2D eigenvalue weighted by atomic mass is 10.1. The predicted octanol–water partition coefficient (Wildman–Crippen LogP) is 1.88. The lowest BCUT2D eigenvalue weighted by molar-refractivity contribution is -0.0502. The van der Waals surface area contributed by atoms with E-state index in [1.807, 2.05) is 0 Å². The number of benzene rings is 1. The number of rotatable bonds is 6. The van der Waals surface area contributed by atoms with Gasteiger partial charge in [0.2, 0.25) is 0 Å². The van der Waals surface area contributed by atoms with E-state index in [9.17, 15) is 13.6 Å². The zero-order chi connectivity index (χ0) is 16.0. The lowest BCUT2D eigenvalue weighted by Crippen LogP contribution is -2.38. The molecule has 1 amide bonds. The summed E-state index contributed by atoms with van der Waals surface area (Å²) in [6.45, 7) is -1.33. The molecule has 1 unspecified atom stereocenters. The first-order valence-electron chi connectivity index (χ1n) is 6.14. The van der Waals surface area contributed by atoms with E-state index in [1.165, 1.54) is 30.1 Å². The third-order valence-corrected chi connectivity index (χ3v) is 2.95. The van der Waals surface area contributed by atoms with Crippen LogP contribution < -0.4 is 10.5 Å². The Morgan fingerprint density at radius 1 is 1.48 bits per heavy atom. The zero-order valence-corrected chi connectivity index (χ0v) is 11.7. The van der Waals surface area contributed by atoms with Crippen molar-refractivity contribution in [1.82, 2.24) is 4.90 Å². The van der Waals surface area contributed by atoms with Crippen molar-refractivity contribution in [3.63, 3.8) is 0 Å². The highest BCUT2D eigenvalue weighted by Crippen LogP contribution is 2.22. The molecule has 6 nitrogen and oxygen atoms in total. The van der Waals surface area contributed by atoms with Crippen LogP contribution in [0.5, 0.6) is 5.75 Å². The molecule has 0 heterocycles. The highest BCUT2D eigenvalue weighted by molar-refractivity contribution is 5.97. The van der Waals surface area contributed by atoms with Crippen LogP contribution in [0.15, 0.2) is 29.4 Å². The molecule has 21 heavy (non-hydrogen) atoms. The van der Waals surface area contributed by atoms with Crippen LogP contribution in [0.1, 0.15) is 23.7 Å². The largest absolute Gasteiger partial charge is 0.434 e. The Morgan fingerprint density at radius 2 is 2.10 bits per heavy atom.